The molecule has 0 saturated heterocycles. The highest BCUT2D eigenvalue weighted by atomic mass is 19.1. The summed E-state index contributed by atoms with van der Waals surface area (Å²) in [5, 5.41) is 0. The van der Waals surface area contributed by atoms with Gasteiger partial charge in [0.15, 0.2) is 0 Å². The molecular formula is C14H20FN. The summed E-state index contributed by atoms with van der Waals surface area (Å²) in [5.74, 6) is -0.198. The number of halogens is 1. The summed E-state index contributed by atoms with van der Waals surface area (Å²) < 4.78 is 13.5. The van der Waals surface area contributed by atoms with Crippen molar-refractivity contribution in [3.05, 3.63) is 47.2 Å². The molecule has 88 valence electrons. The van der Waals surface area contributed by atoms with Crippen LogP contribution in [-0.2, 0) is 0 Å². The van der Waals surface area contributed by atoms with Gasteiger partial charge in [0.05, 0.1) is 0 Å². The summed E-state index contributed by atoms with van der Waals surface area (Å²) in [6, 6.07) is 0. The molecule has 0 amide bonds. The third kappa shape index (κ3) is 2.63. The first-order valence-corrected chi connectivity index (χ1v) is 5.67. The monoisotopic (exact) mass is 221 g/mol. The van der Waals surface area contributed by atoms with Gasteiger partial charge in [0.25, 0.3) is 0 Å². The first kappa shape index (κ1) is 12.8. The predicted molar refractivity (Wildman–Crippen MR) is 67.2 cm³/mol. The lowest BCUT2D eigenvalue weighted by Gasteiger charge is -2.29. The lowest BCUT2D eigenvalue weighted by atomic mass is 10.0. The normalized spacial score (nSPS) is 15.8. The van der Waals surface area contributed by atoms with E-state index in [-0.39, 0.29) is 5.83 Å². The molecule has 0 spiro atoms. The van der Waals surface area contributed by atoms with E-state index in [0.29, 0.717) is 0 Å². The van der Waals surface area contributed by atoms with Crippen LogP contribution in [0, 0.1) is 0 Å². The van der Waals surface area contributed by atoms with Crippen molar-refractivity contribution >= 4 is 0 Å². The van der Waals surface area contributed by atoms with Crippen LogP contribution in [0.3, 0.4) is 0 Å². The Hall–Kier alpha value is -1.31. The Morgan fingerprint density at radius 2 is 2.00 bits per heavy atom. The number of rotatable bonds is 3. The Morgan fingerprint density at radius 1 is 1.38 bits per heavy atom. The summed E-state index contributed by atoms with van der Waals surface area (Å²) in [7, 11) is 0. The molecule has 1 nitrogen and oxygen atoms in total. The molecular weight excluding hydrogens is 201 g/mol. The van der Waals surface area contributed by atoms with Crippen molar-refractivity contribution in [3.63, 3.8) is 0 Å². The highest BCUT2D eigenvalue weighted by Gasteiger charge is 2.17. The van der Waals surface area contributed by atoms with E-state index in [9.17, 15) is 4.39 Å². The predicted octanol–water partition coefficient (Wildman–Crippen LogP) is 4.67. The fourth-order valence-corrected chi connectivity index (χ4v) is 1.67. The van der Waals surface area contributed by atoms with E-state index < -0.39 is 0 Å². The summed E-state index contributed by atoms with van der Waals surface area (Å²) in [5.41, 5.74) is 4.09. The average Bonchev–Trinajstić information content (AvgIpc) is 2.22. The van der Waals surface area contributed by atoms with E-state index in [2.05, 4.69) is 13.5 Å². The van der Waals surface area contributed by atoms with E-state index in [0.717, 1.165) is 29.8 Å². The van der Waals surface area contributed by atoms with Gasteiger partial charge in [-0.15, -0.1) is 0 Å². The van der Waals surface area contributed by atoms with Gasteiger partial charge in [0.1, 0.15) is 5.83 Å². The first-order valence-electron chi connectivity index (χ1n) is 5.67. The Bertz CT molecular complexity index is 382. The molecule has 0 aliphatic carbocycles. The second-order valence-electron chi connectivity index (χ2n) is 4.34. The van der Waals surface area contributed by atoms with Crippen molar-refractivity contribution in [2.24, 2.45) is 0 Å². The molecule has 0 unspecified atom stereocenters. The van der Waals surface area contributed by atoms with Crippen LogP contribution >= 0.6 is 0 Å². The standard InChI is InChI=1S/C14H20FN/c1-6-7-13-8-14(15)9-16(12(13)5)11(4)10(2)3/h8-9H,5-7H2,1-4H3. The molecule has 0 N–H and O–H groups in total. The zero-order valence-electron chi connectivity index (χ0n) is 10.6. The molecule has 0 aromatic carbocycles. The second kappa shape index (κ2) is 5.15. The maximum absolute atomic E-state index is 13.5. The fraction of sp³-hybridized carbons (Fsp3) is 0.429. The van der Waals surface area contributed by atoms with E-state index in [1.807, 2.05) is 25.7 Å². The van der Waals surface area contributed by atoms with Gasteiger partial charge in [-0.05, 0) is 38.8 Å². The molecule has 2 heteroatoms. The van der Waals surface area contributed by atoms with E-state index >= 15 is 0 Å². The third-order valence-corrected chi connectivity index (χ3v) is 2.83. The smallest absolute Gasteiger partial charge is 0.140 e. The van der Waals surface area contributed by atoms with Gasteiger partial charge in [0, 0.05) is 17.6 Å². The molecule has 0 fully saturated rings. The summed E-state index contributed by atoms with van der Waals surface area (Å²) >= 11 is 0. The number of allylic oxidation sites excluding steroid dienone is 5. The van der Waals surface area contributed by atoms with Crippen LogP contribution < -0.4 is 0 Å². The van der Waals surface area contributed by atoms with Gasteiger partial charge in [-0.1, -0.05) is 25.5 Å². The van der Waals surface area contributed by atoms with Crippen LogP contribution in [0.25, 0.3) is 0 Å². The van der Waals surface area contributed by atoms with Crippen molar-refractivity contribution in [1.29, 1.82) is 0 Å². The van der Waals surface area contributed by atoms with Gasteiger partial charge in [-0.25, -0.2) is 4.39 Å². The molecule has 1 aliphatic rings. The van der Waals surface area contributed by atoms with Gasteiger partial charge in [-0.2, -0.15) is 0 Å². The van der Waals surface area contributed by atoms with Crippen LogP contribution in [0.4, 0.5) is 4.39 Å². The molecule has 1 rings (SSSR count). The van der Waals surface area contributed by atoms with Crippen LogP contribution in [0.5, 0.6) is 0 Å². The lowest BCUT2D eigenvalue weighted by Crippen LogP contribution is -2.19. The van der Waals surface area contributed by atoms with Crippen molar-refractivity contribution in [1.82, 2.24) is 4.90 Å². The summed E-state index contributed by atoms with van der Waals surface area (Å²) in [6.07, 6.45) is 4.96. The molecule has 0 aromatic heterocycles. The minimum Gasteiger partial charge on any atom is -0.319 e. The molecule has 0 saturated carbocycles. The highest BCUT2D eigenvalue weighted by molar-refractivity contribution is 5.41. The zero-order chi connectivity index (χ0) is 12.3. The van der Waals surface area contributed by atoms with Gasteiger partial charge in [0.2, 0.25) is 0 Å². The van der Waals surface area contributed by atoms with Crippen LogP contribution in [0.15, 0.2) is 47.2 Å². The second-order valence-corrected chi connectivity index (χ2v) is 4.34. The fourth-order valence-electron chi connectivity index (χ4n) is 1.67. The SMILES string of the molecule is C=C1C(CCC)=CC(F)=CN1C(C)=C(C)C. The Kier molecular flexibility index (Phi) is 4.11. The quantitative estimate of drug-likeness (QED) is 0.669. The molecule has 0 radical (unpaired) electrons. The molecule has 16 heavy (non-hydrogen) atoms. The Balaban J connectivity index is 3.05. The molecule has 1 heterocycles. The molecule has 0 aromatic rings. The maximum Gasteiger partial charge on any atom is 0.140 e. The maximum atomic E-state index is 13.5. The van der Waals surface area contributed by atoms with Crippen molar-refractivity contribution < 1.29 is 4.39 Å². The summed E-state index contributed by atoms with van der Waals surface area (Å²) in [6.45, 7) is 12.2. The molecule has 1 aliphatic heterocycles. The largest absolute Gasteiger partial charge is 0.319 e. The van der Waals surface area contributed by atoms with Gasteiger partial charge >= 0.3 is 0 Å². The molecule has 0 bridgehead atoms. The molecule has 0 atom stereocenters. The Morgan fingerprint density at radius 3 is 2.50 bits per heavy atom. The van der Waals surface area contributed by atoms with Crippen molar-refractivity contribution in [2.45, 2.75) is 40.5 Å². The van der Waals surface area contributed by atoms with Crippen LogP contribution in [-0.4, -0.2) is 4.90 Å². The minimum atomic E-state index is -0.198. The van der Waals surface area contributed by atoms with Crippen LogP contribution in [0.1, 0.15) is 40.5 Å². The topological polar surface area (TPSA) is 3.24 Å². The van der Waals surface area contributed by atoms with E-state index in [1.165, 1.54) is 11.8 Å². The number of nitrogens with zero attached hydrogens (tertiary/aromatic N) is 1. The van der Waals surface area contributed by atoms with Gasteiger partial charge in [-0.3, -0.25) is 0 Å². The third-order valence-electron chi connectivity index (χ3n) is 2.83. The Labute approximate surface area is 97.6 Å². The van der Waals surface area contributed by atoms with E-state index in [1.54, 1.807) is 6.08 Å². The lowest BCUT2D eigenvalue weighted by molar-refractivity contribution is 0.522. The van der Waals surface area contributed by atoms with Crippen LogP contribution in [0.2, 0.25) is 0 Å². The zero-order valence-corrected chi connectivity index (χ0v) is 10.6. The summed E-state index contributed by atoms with van der Waals surface area (Å²) in [4.78, 5) is 1.84. The highest BCUT2D eigenvalue weighted by Crippen LogP contribution is 2.30. The first-order chi connectivity index (χ1) is 7.47. The number of hydrogen-bond acceptors (Lipinski definition) is 1. The number of hydrogen-bond donors (Lipinski definition) is 0. The average molecular weight is 221 g/mol. The minimum absolute atomic E-state index is 0.198. The van der Waals surface area contributed by atoms with Crippen molar-refractivity contribution in [2.75, 3.05) is 0 Å². The van der Waals surface area contributed by atoms with Gasteiger partial charge < -0.3 is 4.90 Å². The van der Waals surface area contributed by atoms with E-state index in [4.69, 9.17) is 0 Å². The van der Waals surface area contributed by atoms with Crippen molar-refractivity contribution in [3.8, 4) is 0 Å².